The van der Waals surface area contributed by atoms with Crippen LogP contribution in [0.25, 0.3) is 11.1 Å². The van der Waals surface area contributed by atoms with Gasteiger partial charge >= 0.3 is 0 Å². The second-order valence-electron chi connectivity index (χ2n) is 8.80. The van der Waals surface area contributed by atoms with Crippen molar-refractivity contribution < 1.29 is 14.5 Å². The molecule has 170 valence electrons. The summed E-state index contributed by atoms with van der Waals surface area (Å²) < 4.78 is 11.8. The van der Waals surface area contributed by atoms with Crippen molar-refractivity contribution in [3.63, 3.8) is 0 Å². The number of aliphatic hydroxyl groups excluding tert-OH is 1. The van der Waals surface area contributed by atoms with Gasteiger partial charge in [0.2, 0.25) is 5.95 Å². The summed E-state index contributed by atoms with van der Waals surface area (Å²) in [5.74, 6) is 0.486. The summed E-state index contributed by atoms with van der Waals surface area (Å²) in [6, 6.07) is 13.5. The van der Waals surface area contributed by atoms with Crippen molar-refractivity contribution in [1.82, 2.24) is 14.9 Å². The first-order valence-electron chi connectivity index (χ1n) is 11.0. The molecule has 2 aliphatic rings. The van der Waals surface area contributed by atoms with Crippen LogP contribution in [0.4, 0.5) is 11.6 Å². The van der Waals surface area contributed by atoms with Gasteiger partial charge in [-0.15, -0.1) is 0 Å². The highest BCUT2D eigenvalue weighted by Gasteiger charge is 2.52. The number of hydrogen-bond donors (Lipinski definition) is 1. The summed E-state index contributed by atoms with van der Waals surface area (Å²) in [5.41, 5.74) is 4.72. The highest BCUT2D eigenvalue weighted by atomic mass is 32.2. The van der Waals surface area contributed by atoms with Crippen molar-refractivity contribution in [1.29, 1.82) is 0 Å². The van der Waals surface area contributed by atoms with Gasteiger partial charge in [-0.1, -0.05) is 18.2 Å². The van der Waals surface area contributed by atoms with Crippen LogP contribution in [0.2, 0.25) is 0 Å². The number of aromatic nitrogens is 2. The Labute approximate surface area is 196 Å². The first-order chi connectivity index (χ1) is 15.9. The average molecular weight is 463 g/mol. The minimum atomic E-state index is -1.05. The highest BCUT2D eigenvalue weighted by molar-refractivity contribution is 7.90. The van der Waals surface area contributed by atoms with E-state index in [-0.39, 0.29) is 17.9 Å². The van der Waals surface area contributed by atoms with Crippen LogP contribution in [0.1, 0.15) is 28.8 Å². The molecule has 2 heterocycles. The first-order valence-corrected chi connectivity index (χ1v) is 12.5. The number of fused-ring (bicyclic) bond motifs is 2. The summed E-state index contributed by atoms with van der Waals surface area (Å²) >= 11 is -1.05. The SMILES string of the molecule is CN(CCO)C(=O)c1ccc2c(c1)N(c1ncc(-c3cccc([S+](C)[O-])c3)cn1)CC21CC1. The molecule has 1 atom stereocenters. The molecule has 1 saturated carbocycles. The predicted molar refractivity (Wildman–Crippen MR) is 128 cm³/mol. The van der Waals surface area contributed by atoms with Crippen LogP contribution in [0, 0.1) is 0 Å². The van der Waals surface area contributed by atoms with Crippen molar-refractivity contribution in [2.75, 3.05) is 37.9 Å². The second kappa shape index (κ2) is 8.44. The zero-order chi connectivity index (χ0) is 23.2. The van der Waals surface area contributed by atoms with Crippen molar-refractivity contribution in [3.05, 3.63) is 66.0 Å². The molecule has 0 saturated heterocycles. The van der Waals surface area contributed by atoms with E-state index < -0.39 is 11.2 Å². The van der Waals surface area contributed by atoms with Gasteiger partial charge in [-0.2, -0.15) is 0 Å². The van der Waals surface area contributed by atoms with Gasteiger partial charge in [0.05, 0.1) is 6.61 Å². The molecular formula is C25H26N4O3S. The van der Waals surface area contributed by atoms with E-state index in [2.05, 4.69) is 20.9 Å². The van der Waals surface area contributed by atoms with Gasteiger partial charge in [-0.05, 0) is 53.3 Å². The molecule has 33 heavy (non-hydrogen) atoms. The molecule has 5 rings (SSSR count). The number of likely N-dealkylation sites (N-methyl/N-ethyl adjacent to an activating group) is 1. The molecule has 2 aromatic carbocycles. The molecule has 1 N–H and O–H groups in total. The Balaban J connectivity index is 1.46. The topological polar surface area (TPSA) is 92.6 Å². The van der Waals surface area contributed by atoms with Crippen molar-refractivity contribution in [3.8, 4) is 11.1 Å². The van der Waals surface area contributed by atoms with Crippen LogP contribution in [0.5, 0.6) is 0 Å². The number of aliphatic hydroxyl groups is 1. The van der Waals surface area contributed by atoms with E-state index in [0.717, 1.165) is 41.1 Å². The van der Waals surface area contributed by atoms with E-state index >= 15 is 0 Å². The van der Waals surface area contributed by atoms with E-state index in [1.54, 1.807) is 25.7 Å². The molecule has 1 fully saturated rings. The Kier molecular flexibility index (Phi) is 5.60. The van der Waals surface area contributed by atoms with Gasteiger partial charge < -0.3 is 19.5 Å². The molecule has 1 aliphatic heterocycles. The summed E-state index contributed by atoms with van der Waals surface area (Å²) in [6.45, 7) is 1.02. The third kappa shape index (κ3) is 3.99. The normalized spacial score (nSPS) is 16.5. The summed E-state index contributed by atoms with van der Waals surface area (Å²) in [6.07, 6.45) is 7.49. The molecule has 0 bridgehead atoms. The fourth-order valence-electron chi connectivity index (χ4n) is 4.50. The minimum Gasteiger partial charge on any atom is -0.612 e. The third-order valence-corrected chi connectivity index (χ3v) is 7.50. The first kappa shape index (κ1) is 21.9. The lowest BCUT2D eigenvalue weighted by atomic mass is 9.97. The number of carbonyl (C=O) groups is 1. The molecule has 8 heteroatoms. The fraction of sp³-hybridized carbons (Fsp3) is 0.320. The number of anilines is 2. The predicted octanol–water partition coefficient (Wildman–Crippen LogP) is 3.13. The van der Waals surface area contributed by atoms with E-state index in [0.29, 0.717) is 18.1 Å². The molecule has 1 aliphatic carbocycles. The molecule has 1 amide bonds. The van der Waals surface area contributed by atoms with Crippen LogP contribution in [0.3, 0.4) is 0 Å². The maximum absolute atomic E-state index is 12.8. The summed E-state index contributed by atoms with van der Waals surface area (Å²) in [5, 5.41) is 9.17. The second-order valence-corrected chi connectivity index (χ2v) is 10.2. The third-order valence-electron chi connectivity index (χ3n) is 6.58. The highest BCUT2D eigenvalue weighted by Crippen LogP contribution is 2.57. The molecule has 1 aromatic heterocycles. The molecule has 3 aromatic rings. The van der Waals surface area contributed by atoms with Crippen LogP contribution < -0.4 is 4.90 Å². The lowest BCUT2D eigenvalue weighted by Crippen LogP contribution is -2.29. The maximum Gasteiger partial charge on any atom is 0.253 e. The largest absolute Gasteiger partial charge is 0.612 e. The summed E-state index contributed by atoms with van der Waals surface area (Å²) in [4.78, 5) is 26.5. The van der Waals surface area contributed by atoms with Crippen LogP contribution in [-0.4, -0.2) is 63.4 Å². The zero-order valence-corrected chi connectivity index (χ0v) is 19.5. The fourth-order valence-corrected chi connectivity index (χ4v) is 5.07. The number of nitrogens with zero attached hydrogens (tertiary/aromatic N) is 4. The maximum atomic E-state index is 12.8. The van der Waals surface area contributed by atoms with Gasteiger partial charge in [0, 0.05) is 60.8 Å². The molecule has 0 radical (unpaired) electrons. The number of amides is 1. The Morgan fingerprint density at radius 2 is 1.94 bits per heavy atom. The number of rotatable bonds is 6. The van der Waals surface area contributed by atoms with Crippen LogP contribution in [-0.2, 0) is 16.6 Å². The quantitative estimate of drug-likeness (QED) is 0.566. The van der Waals surface area contributed by atoms with Gasteiger partial charge in [0.25, 0.3) is 5.91 Å². The minimum absolute atomic E-state index is 0.0698. The summed E-state index contributed by atoms with van der Waals surface area (Å²) in [7, 11) is 1.69. The van der Waals surface area contributed by atoms with Gasteiger partial charge in [-0.25, -0.2) is 9.97 Å². The zero-order valence-electron chi connectivity index (χ0n) is 18.7. The van der Waals surface area contributed by atoms with E-state index in [4.69, 9.17) is 5.11 Å². The Morgan fingerprint density at radius 1 is 1.18 bits per heavy atom. The van der Waals surface area contributed by atoms with Crippen molar-refractivity contribution >= 4 is 28.7 Å². The van der Waals surface area contributed by atoms with E-state index in [1.807, 2.05) is 36.4 Å². The average Bonchev–Trinajstić information content (AvgIpc) is 3.55. The van der Waals surface area contributed by atoms with E-state index in [1.165, 1.54) is 10.5 Å². The van der Waals surface area contributed by atoms with Gasteiger partial charge in [0.15, 0.2) is 4.90 Å². The molecular weight excluding hydrogens is 436 g/mol. The molecule has 1 spiro atoms. The van der Waals surface area contributed by atoms with Crippen molar-refractivity contribution in [2.45, 2.75) is 23.2 Å². The van der Waals surface area contributed by atoms with Crippen LogP contribution >= 0.6 is 0 Å². The van der Waals surface area contributed by atoms with E-state index in [9.17, 15) is 9.35 Å². The Morgan fingerprint density at radius 3 is 2.61 bits per heavy atom. The lowest BCUT2D eigenvalue weighted by molar-refractivity contribution is 0.0767. The number of carbonyl (C=O) groups excluding carboxylic acids is 1. The van der Waals surface area contributed by atoms with Gasteiger partial charge in [0.1, 0.15) is 6.26 Å². The monoisotopic (exact) mass is 462 g/mol. The van der Waals surface area contributed by atoms with Crippen molar-refractivity contribution in [2.24, 2.45) is 0 Å². The number of hydrogen-bond acceptors (Lipinski definition) is 6. The Bertz CT molecular complexity index is 1190. The molecule has 1 unspecified atom stereocenters. The standard InChI is InChI=1S/C25H26N4O3S/c1-28(10-11-30)23(31)18-6-7-21-22(13-18)29(16-25(21)8-9-25)24-26-14-19(15-27-24)17-4-3-5-20(12-17)33(2)32/h3-7,12-15,30H,8-11,16H2,1-2H3. The Hall–Kier alpha value is -2.94. The van der Waals surface area contributed by atoms with Gasteiger partial charge in [-0.3, -0.25) is 4.79 Å². The van der Waals surface area contributed by atoms with Crippen LogP contribution in [0.15, 0.2) is 59.8 Å². The lowest BCUT2D eigenvalue weighted by Gasteiger charge is -2.20. The molecule has 7 nitrogen and oxygen atoms in total. The smallest absolute Gasteiger partial charge is 0.253 e. The number of benzene rings is 2.